The van der Waals surface area contributed by atoms with Gasteiger partial charge in [0, 0.05) is 19.0 Å². The molecule has 0 spiro atoms. The molecule has 0 saturated carbocycles. The summed E-state index contributed by atoms with van der Waals surface area (Å²) in [4.78, 5) is 12.1. The minimum atomic E-state index is -0.126. The Kier molecular flexibility index (Phi) is 5.61. The summed E-state index contributed by atoms with van der Waals surface area (Å²) in [7, 11) is 1.68. The van der Waals surface area contributed by atoms with E-state index in [-0.39, 0.29) is 11.9 Å². The second-order valence-electron chi connectivity index (χ2n) is 5.44. The zero-order valence-corrected chi connectivity index (χ0v) is 13.2. The minimum absolute atomic E-state index is 0.0859. The van der Waals surface area contributed by atoms with E-state index in [1.165, 1.54) is 0 Å². The zero-order valence-electron chi connectivity index (χ0n) is 13.2. The molecule has 0 aromatic carbocycles. The van der Waals surface area contributed by atoms with Crippen LogP contribution in [0.2, 0.25) is 0 Å². The molecule has 2 N–H and O–H groups in total. The maximum Gasteiger partial charge on any atom is 0.237 e. The predicted octanol–water partition coefficient (Wildman–Crippen LogP) is 1.27. The normalized spacial score (nSPS) is 22.0. The topological polar surface area (TPSA) is 68.2 Å². The molecule has 21 heavy (non-hydrogen) atoms. The molecule has 0 aliphatic carbocycles. The van der Waals surface area contributed by atoms with Gasteiger partial charge in [0.1, 0.15) is 0 Å². The van der Waals surface area contributed by atoms with Crippen LogP contribution >= 0.6 is 0 Å². The molecule has 2 unspecified atom stereocenters. The van der Waals surface area contributed by atoms with Crippen molar-refractivity contribution in [3.8, 4) is 5.75 Å². The largest absolute Gasteiger partial charge is 0.493 e. The van der Waals surface area contributed by atoms with Gasteiger partial charge in [-0.15, -0.1) is 0 Å². The molecule has 2 heterocycles. The van der Waals surface area contributed by atoms with Crippen molar-refractivity contribution in [3.63, 3.8) is 0 Å². The van der Waals surface area contributed by atoms with Crippen LogP contribution in [0.15, 0.2) is 6.20 Å². The lowest BCUT2D eigenvalue weighted by atomic mass is 9.88. The van der Waals surface area contributed by atoms with Crippen LogP contribution in [0.25, 0.3) is 0 Å². The fraction of sp³-hybridized carbons (Fsp3) is 0.733. The van der Waals surface area contributed by atoms with Crippen LogP contribution in [-0.4, -0.2) is 41.9 Å². The Morgan fingerprint density at radius 1 is 1.57 bits per heavy atom. The second kappa shape index (κ2) is 7.45. The van der Waals surface area contributed by atoms with E-state index in [0.29, 0.717) is 12.5 Å². The van der Waals surface area contributed by atoms with Gasteiger partial charge in [-0.05, 0) is 32.7 Å². The molecule has 6 heteroatoms. The van der Waals surface area contributed by atoms with Gasteiger partial charge in [-0.2, -0.15) is 5.10 Å². The predicted molar refractivity (Wildman–Crippen MR) is 81.5 cm³/mol. The minimum Gasteiger partial charge on any atom is -0.493 e. The number of nitrogens with one attached hydrogen (secondary N) is 2. The molecule has 1 aromatic heterocycles. The molecule has 118 valence electrons. The number of carbonyl (C=O) groups is 1. The fourth-order valence-corrected chi connectivity index (χ4v) is 3.00. The lowest BCUT2D eigenvalue weighted by Gasteiger charge is -2.30. The quantitative estimate of drug-likeness (QED) is 0.829. The van der Waals surface area contributed by atoms with Crippen molar-refractivity contribution in [1.82, 2.24) is 20.4 Å². The third kappa shape index (κ3) is 3.56. The number of methoxy groups -OCH3 is 1. The number of piperidine rings is 1. The second-order valence-corrected chi connectivity index (χ2v) is 5.44. The Hall–Kier alpha value is -1.56. The molecule has 1 saturated heterocycles. The van der Waals surface area contributed by atoms with Gasteiger partial charge in [0.25, 0.3) is 0 Å². The first kappa shape index (κ1) is 15.8. The van der Waals surface area contributed by atoms with E-state index in [1.54, 1.807) is 13.3 Å². The average molecular weight is 294 g/mol. The Morgan fingerprint density at radius 3 is 3.05 bits per heavy atom. The van der Waals surface area contributed by atoms with Crippen LogP contribution in [-0.2, 0) is 11.3 Å². The fourth-order valence-electron chi connectivity index (χ4n) is 3.00. The van der Waals surface area contributed by atoms with Crippen molar-refractivity contribution in [3.05, 3.63) is 11.9 Å². The van der Waals surface area contributed by atoms with Crippen LogP contribution in [0.1, 0.15) is 44.7 Å². The van der Waals surface area contributed by atoms with E-state index in [0.717, 1.165) is 43.8 Å². The third-order valence-corrected chi connectivity index (χ3v) is 3.96. The highest BCUT2D eigenvalue weighted by molar-refractivity contribution is 5.81. The van der Waals surface area contributed by atoms with Crippen LogP contribution in [0.3, 0.4) is 0 Å². The van der Waals surface area contributed by atoms with E-state index in [9.17, 15) is 4.79 Å². The lowest BCUT2D eigenvalue weighted by molar-refractivity contribution is -0.123. The number of likely N-dealkylation sites (N-methyl/N-ethyl adjacent to an activating group) is 1. The van der Waals surface area contributed by atoms with Crippen LogP contribution in [0.4, 0.5) is 0 Å². The highest BCUT2D eigenvalue weighted by Gasteiger charge is 2.31. The van der Waals surface area contributed by atoms with Crippen molar-refractivity contribution >= 4 is 5.91 Å². The van der Waals surface area contributed by atoms with E-state index in [4.69, 9.17) is 4.74 Å². The number of amides is 1. The van der Waals surface area contributed by atoms with E-state index >= 15 is 0 Å². The van der Waals surface area contributed by atoms with Gasteiger partial charge in [0.05, 0.1) is 25.0 Å². The number of ether oxygens (including phenoxy) is 1. The monoisotopic (exact) mass is 294 g/mol. The molecular weight excluding hydrogens is 268 g/mol. The molecule has 6 nitrogen and oxygen atoms in total. The van der Waals surface area contributed by atoms with E-state index < -0.39 is 0 Å². The summed E-state index contributed by atoms with van der Waals surface area (Å²) in [5.74, 6) is 1.23. The van der Waals surface area contributed by atoms with Crippen molar-refractivity contribution in [2.75, 3.05) is 20.2 Å². The van der Waals surface area contributed by atoms with Gasteiger partial charge >= 0.3 is 0 Å². The molecule has 1 amide bonds. The maximum atomic E-state index is 12.1. The van der Waals surface area contributed by atoms with Crippen LogP contribution < -0.4 is 15.4 Å². The number of rotatable bonds is 6. The summed E-state index contributed by atoms with van der Waals surface area (Å²) in [6.45, 7) is 6.47. The van der Waals surface area contributed by atoms with Crippen LogP contribution in [0, 0.1) is 0 Å². The summed E-state index contributed by atoms with van der Waals surface area (Å²) < 4.78 is 7.50. The molecule has 0 radical (unpaired) electrons. The Balaban J connectivity index is 2.17. The van der Waals surface area contributed by atoms with E-state index in [1.807, 2.05) is 11.6 Å². The van der Waals surface area contributed by atoms with Gasteiger partial charge < -0.3 is 15.4 Å². The molecular formula is C15H26N4O2. The number of carbonyl (C=O) groups excluding carboxylic acids is 1. The Bertz CT molecular complexity index is 472. The Labute approximate surface area is 126 Å². The number of aromatic nitrogens is 2. The SMILES string of the molecule is CCCn1ncc(OC)c1C1CCNC(C(=O)NCC)C1. The number of hydrogen-bond acceptors (Lipinski definition) is 4. The number of nitrogens with zero attached hydrogens (tertiary/aromatic N) is 2. The third-order valence-electron chi connectivity index (χ3n) is 3.96. The first-order chi connectivity index (χ1) is 10.2. The molecule has 1 fully saturated rings. The number of aryl methyl sites for hydroxylation is 1. The molecule has 2 rings (SSSR count). The molecule has 1 aromatic rings. The number of hydrogen-bond donors (Lipinski definition) is 2. The molecule has 0 bridgehead atoms. The van der Waals surface area contributed by atoms with Gasteiger partial charge in [-0.1, -0.05) is 6.92 Å². The zero-order chi connectivity index (χ0) is 15.2. The van der Waals surface area contributed by atoms with Crippen molar-refractivity contribution in [2.24, 2.45) is 0 Å². The first-order valence-electron chi connectivity index (χ1n) is 7.82. The van der Waals surface area contributed by atoms with Gasteiger partial charge in [0.15, 0.2) is 5.75 Å². The Morgan fingerprint density at radius 2 is 2.38 bits per heavy atom. The van der Waals surface area contributed by atoms with E-state index in [2.05, 4.69) is 22.7 Å². The van der Waals surface area contributed by atoms with Gasteiger partial charge in [-0.25, -0.2) is 0 Å². The van der Waals surface area contributed by atoms with Crippen molar-refractivity contribution in [2.45, 2.75) is 51.6 Å². The summed E-state index contributed by atoms with van der Waals surface area (Å²) in [6, 6.07) is -0.126. The summed E-state index contributed by atoms with van der Waals surface area (Å²) in [6.07, 6.45) is 4.61. The summed E-state index contributed by atoms with van der Waals surface area (Å²) in [5.41, 5.74) is 1.13. The molecule has 1 aliphatic heterocycles. The van der Waals surface area contributed by atoms with Gasteiger partial charge in [0.2, 0.25) is 5.91 Å². The highest BCUT2D eigenvalue weighted by Crippen LogP contribution is 2.34. The van der Waals surface area contributed by atoms with Crippen molar-refractivity contribution in [1.29, 1.82) is 0 Å². The highest BCUT2D eigenvalue weighted by atomic mass is 16.5. The van der Waals surface area contributed by atoms with Crippen molar-refractivity contribution < 1.29 is 9.53 Å². The first-order valence-corrected chi connectivity index (χ1v) is 7.82. The lowest BCUT2D eigenvalue weighted by Crippen LogP contribution is -2.48. The summed E-state index contributed by atoms with van der Waals surface area (Å²) in [5, 5.41) is 10.6. The smallest absolute Gasteiger partial charge is 0.237 e. The molecule has 2 atom stereocenters. The van der Waals surface area contributed by atoms with Gasteiger partial charge in [-0.3, -0.25) is 9.48 Å². The summed E-state index contributed by atoms with van der Waals surface area (Å²) >= 11 is 0. The average Bonchev–Trinajstić information content (AvgIpc) is 2.91. The maximum absolute atomic E-state index is 12.1. The van der Waals surface area contributed by atoms with Crippen LogP contribution in [0.5, 0.6) is 5.75 Å². The standard InChI is InChI=1S/C15H26N4O2/c1-4-8-19-14(13(21-3)10-18-19)11-6-7-17-12(9-11)15(20)16-5-2/h10-12,17H,4-9H2,1-3H3,(H,16,20). The molecule has 1 aliphatic rings.